The number of hydrogen-bond acceptors (Lipinski definition) is 2. The number of imidazole rings is 1. The van der Waals surface area contributed by atoms with Gasteiger partial charge in [-0.05, 0) is 18.6 Å². The van der Waals surface area contributed by atoms with Gasteiger partial charge in [0.15, 0.2) is 0 Å². The lowest BCUT2D eigenvalue weighted by molar-refractivity contribution is 0.627. The molecule has 0 unspecified atom stereocenters. The minimum atomic E-state index is 0.999. The Kier molecular flexibility index (Phi) is 6.75. The van der Waals surface area contributed by atoms with Crippen LogP contribution in [0.4, 0.5) is 0 Å². The van der Waals surface area contributed by atoms with Crippen molar-refractivity contribution in [2.75, 3.05) is 5.75 Å². The van der Waals surface area contributed by atoms with E-state index in [2.05, 4.69) is 66.1 Å². The van der Waals surface area contributed by atoms with Gasteiger partial charge in [-0.25, -0.2) is 4.98 Å². The fraction of sp³-hybridized carbons (Fsp3) is 0.318. The van der Waals surface area contributed by atoms with Gasteiger partial charge in [-0.1, -0.05) is 79.9 Å². The largest absolute Gasteiger partial charge is 0.341 e. The Morgan fingerprint density at radius 1 is 0.720 bits per heavy atom. The summed E-state index contributed by atoms with van der Waals surface area (Å²) in [6, 6.07) is 20.9. The Morgan fingerprint density at radius 3 is 2.00 bits per heavy atom. The number of thiol groups is 1. The predicted molar refractivity (Wildman–Crippen MR) is 110 cm³/mol. The minimum absolute atomic E-state index is 0.999. The minimum Gasteiger partial charge on any atom is -0.341 e. The van der Waals surface area contributed by atoms with E-state index in [0.717, 1.165) is 34.9 Å². The summed E-state index contributed by atoms with van der Waals surface area (Å²) < 4.78 is 0. The van der Waals surface area contributed by atoms with E-state index in [-0.39, 0.29) is 0 Å². The van der Waals surface area contributed by atoms with Crippen LogP contribution in [0.25, 0.3) is 22.5 Å². The lowest BCUT2D eigenvalue weighted by atomic mass is 10.1. The van der Waals surface area contributed by atoms with Crippen molar-refractivity contribution in [1.82, 2.24) is 9.97 Å². The lowest BCUT2D eigenvalue weighted by Crippen LogP contribution is -1.89. The number of nitrogens with one attached hydrogen (secondary N) is 1. The molecule has 2 aromatic carbocycles. The van der Waals surface area contributed by atoms with Crippen molar-refractivity contribution >= 4 is 12.6 Å². The first-order chi connectivity index (χ1) is 12.4. The van der Waals surface area contributed by atoms with Gasteiger partial charge in [0, 0.05) is 17.5 Å². The van der Waals surface area contributed by atoms with Crippen molar-refractivity contribution in [2.45, 2.75) is 38.5 Å². The maximum Gasteiger partial charge on any atom is 0.107 e. The Balaban J connectivity index is 1.76. The van der Waals surface area contributed by atoms with Gasteiger partial charge in [-0.2, -0.15) is 12.6 Å². The molecule has 1 aromatic heterocycles. The van der Waals surface area contributed by atoms with Gasteiger partial charge in [-0.15, -0.1) is 0 Å². The van der Waals surface area contributed by atoms with E-state index >= 15 is 0 Å². The molecule has 0 aliphatic heterocycles. The van der Waals surface area contributed by atoms with Gasteiger partial charge in [0.2, 0.25) is 0 Å². The van der Waals surface area contributed by atoms with Crippen LogP contribution < -0.4 is 0 Å². The second-order valence-electron chi connectivity index (χ2n) is 6.38. The van der Waals surface area contributed by atoms with E-state index < -0.39 is 0 Å². The molecule has 0 saturated heterocycles. The molecule has 1 N–H and O–H groups in total. The Labute approximate surface area is 156 Å². The molecule has 3 aromatic rings. The van der Waals surface area contributed by atoms with Crippen LogP contribution in [-0.4, -0.2) is 15.7 Å². The van der Waals surface area contributed by atoms with Gasteiger partial charge >= 0.3 is 0 Å². The van der Waals surface area contributed by atoms with Crippen molar-refractivity contribution in [3.63, 3.8) is 0 Å². The molecule has 1 heterocycles. The molecular formula is C22H26N2S. The zero-order valence-corrected chi connectivity index (χ0v) is 15.5. The quantitative estimate of drug-likeness (QED) is 0.351. The fourth-order valence-corrected chi connectivity index (χ4v) is 3.32. The third-order valence-electron chi connectivity index (χ3n) is 4.43. The summed E-state index contributed by atoms with van der Waals surface area (Å²) in [5.41, 5.74) is 4.53. The number of unbranched alkanes of at least 4 members (excludes halogenated alkanes) is 4. The van der Waals surface area contributed by atoms with E-state index in [0.29, 0.717) is 0 Å². The topological polar surface area (TPSA) is 28.7 Å². The number of nitrogens with zero attached hydrogens (tertiary/aromatic N) is 1. The number of hydrogen-bond donors (Lipinski definition) is 2. The number of benzene rings is 2. The molecule has 3 rings (SSSR count). The van der Waals surface area contributed by atoms with Crippen LogP contribution in [0.2, 0.25) is 0 Å². The maximum atomic E-state index is 4.92. The molecule has 0 radical (unpaired) electrons. The second kappa shape index (κ2) is 9.47. The average Bonchev–Trinajstić information content (AvgIpc) is 3.10. The summed E-state index contributed by atoms with van der Waals surface area (Å²) in [6.45, 7) is 0. The van der Waals surface area contributed by atoms with E-state index in [1.54, 1.807) is 0 Å². The molecular weight excluding hydrogens is 324 g/mol. The van der Waals surface area contributed by atoms with E-state index in [1.165, 1.54) is 37.7 Å². The molecule has 0 atom stereocenters. The van der Waals surface area contributed by atoms with Gasteiger partial charge in [0.05, 0.1) is 11.4 Å². The number of aromatic amines is 1. The highest BCUT2D eigenvalue weighted by atomic mass is 32.1. The molecule has 3 heteroatoms. The third kappa shape index (κ3) is 4.99. The third-order valence-corrected chi connectivity index (χ3v) is 4.75. The van der Waals surface area contributed by atoms with Crippen LogP contribution in [0.5, 0.6) is 0 Å². The summed E-state index contributed by atoms with van der Waals surface area (Å²) in [5.74, 6) is 2.09. The van der Waals surface area contributed by atoms with Crippen LogP contribution in [0.3, 0.4) is 0 Å². The van der Waals surface area contributed by atoms with Crippen molar-refractivity contribution < 1.29 is 0 Å². The van der Waals surface area contributed by atoms with Crippen LogP contribution in [0.1, 0.15) is 37.9 Å². The van der Waals surface area contributed by atoms with Gasteiger partial charge < -0.3 is 4.98 Å². The molecule has 0 amide bonds. The summed E-state index contributed by atoms with van der Waals surface area (Å²) in [6.07, 6.45) is 7.25. The predicted octanol–water partition coefficient (Wildman–Crippen LogP) is 6.17. The average molecular weight is 351 g/mol. The highest BCUT2D eigenvalue weighted by Gasteiger charge is 2.13. The molecule has 0 bridgehead atoms. The second-order valence-corrected chi connectivity index (χ2v) is 6.83. The fourth-order valence-electron chi connectivity index (χ4n) is 3.09. The van der Waals surface area contributed by atoms with E-state index in [1.807, 2.05) is 12.1 Å². The Bertz CT molecular complexity index is 693. The normalized spacial score (nSPS) is 10.9. The summed E-state index contributed by atoms with van der Waals surface area (Å²) in [7, 11) is 0. The Hall–Kier alpha value is -2.00. The zero-order valence-electron chi connectivity index (χ0n) is 14.6. The molecule has 0 fully saturated rings. The van der Waals surface area contributed by atoms with Crippen molar-refractivity contribution in [3.05, 3.63) is 66.5 Å². The van der Waals surface area contributed by atoms with Crippen molar-refractivity contribution in [1.29, 1.82) is 0 Å². The van der Waals surface area contributed by atoms with Gasteiger partial charge in [0.25, 0.3) is 0 Å². The lowest BCUT2D eigenvalue weighted by Gasteiger charge is -2.02. The number of rotatable bonds is 9. The van der Waals surface area contributed by atoms with E-state index in [4.69, 9.17) is 4.98 Å². The molecule has 0 aliphatic carbocycles. The number of aromatic nitrogens is 2. The standard InChI is InChI=1S/C22H26N2S/c25-17-11-3-1-2-10-16-20-23-21(18-12-6-4-7-13-18)22(24-20)19-14-8-5-9-15-19/h4-9,12-15,25H,1-3,10-11,16-17H2,(H,23,24). The van der Waals surface area contributed by atoms with Crippen LogP contribution in [0.15, 0.2) is 60.7 Å². The highest BCUT2D eigenvalue weighted by molar-refractivity contribution is 7.80. The smallest absolute Gasteiger partial charge is 0.107 e. The summed E-state index contributed by atoms with van der Waals surface area (Å²) >= 11 is 4.27. The van der Waals surface area contributed by atoms with Crippen molar-refractivity contribution in [2.24, 2.45) is 0 Å². The molecule has 130 valence electrons. The first-order valence-electron chi connectivity index (χ1n) is 9.19. The first kappa shape index (κ1) is 17.8. The zero-order chi connectivity index (χ0) is 17.3. The summed E-state index contributed by atoms with van der Waals surface area (Å²) in [4.78, 5) is 8.50. The van der Waals surface area contributed by atoms with Gasteiger partial charge in [-0.3, -0.25) is 0 Å². The molecule has 0 saturated carbocycles. The van der Waals surface area contributed by atoms with Crippen LogP contribution in [-0.2, 0) is 6.42 Å². The van der Waals surface area contributed by atoms with Crippen molar-refractivity contribution in [3.8, 4) is 22.5 Å². The monoisotopic (exact) mass is 350 g/mol. The highest BCUT2D eigenvalue weighted by Crippen LogP contribution is 2.30. The molecule has 2 nitrogen and oxygen atoms in total. The molecule has 25 heavy (non-hydrogen) atoms. The number of aryl methyl sites for hydroxylation is 1. The first-order valence-corrected chi connectivity index (χ1v) is 9.82. The summed E-state index contributed by atoms with van der Waals surface area (Å²) in [5, 5.41) is 0. The molecule has 0 aliphatic rings. The van der Waals surface area contributed by atoms with E-state index in [9.17, 15) is 0 Å². The van der Waals surface area contributed by atoms with Crippen LogP contribution in [0, 0.1) is 0 Å². The SMILES string of the molecule is SCCCCCCCc1nc(-c2ccccc2)c(-c2ccccc2)[nH]1. The van der Waals surface area contributed by atoms with Crippen LogP contribution >= 0.6 is 12.6 Å². The Morgan fingerprint density at radius 2 is 1.32 bits per heavy atom. The maximum absolute atomic E-state index is 4.92. The number of H-pyrrole nitrogens is 1. The molecule has 0 spiro atoms. The van der Waals surface area contributed by atoms with Gasteiger partial charge in [0.1, 0.15) is 5.82 Å².